The third-order valence-corrected chi connectivity index (χ3v) is 2.54. The van der Waals surface area contributed by atoms with Gasteiger partial charge in [-0.2, -0.15) is 8.42 Å². The SMILES string of the molecule is O=S(=O)(O)c1ccc2nc[nH]c2c1.[Na+]. The Morgan fingerprint density at radius 2 is 2.07 bits per heavy atom. The summed E-state index contributed by atoms with van der Waals surface area (Å²) in [6.45, 7) is 0. The first-order chi connectivity index (χ1) is 6.07. The van der Waals surface area contributed by atoms with Crippen LogP contribution in [0.3, 0.4) is 0 Å². The Morgan fingerprint density at radius 1 is 1.36 bits per heavy atom. The summed E-state index contributed by atoms with van der Waals surface area (Å²) in [5.41, 5.74) is 1.24. The van der Waals surface area contributed by atoms with Gasteiger partial charge in [-0.05, 0) is 18.2 Å². The molecule has 0 unspecified atom stereocenters. The molecular formula is C7H6N2NaO3S+. The van der Waals surface area contributed by atoms with Crippen molar-refractivity contribution < 1.29 is 42.5 Å². The molecule has 2 N–H and O–H groups in total. The summed E-state index contributed by atoms with van der Waals surface area (Å²) in [5.74, 6) is 0. The Morgan fingerprint density at radius 3 is 2.71 bits per heavy atom. The summed E-state index contributed by atoms with van der Waals surface area (Å²) in [6.07, 6.45) is 1.46. The van der Waals surface area contributed by atoms with E-state index in [2.05, 4.69) is 9.97 Å². The van der Waals surface area contributed by atoms with E-state index in [1.54, 1.807) is 0 Å². The Hall–Kier alpha value is -0.400. The maximum atomic E-state index is 10.7. The molecule has 0 amide bonds. The molecule has 1 aromatic carbocycles. The number of aromatic amines is 1. The van der Waals surface area contributed by atoms with Crippen molar-refractivity contribution in [3.05, 3.63) is 24.5 Å². The number of aromatic nitrogens is 2. The molecule has 0 bridgehead atoms. The Labute approximate surface area is 103 Å². The minimum absolute atomic E-state index is 0. The van der Waals surface area contributed by atoms with Crippen molar-refractivity contribution in [2.75, 3.05) is 0 Å². The van der Waals surface area contributed by atoms with Gasteiger partial charge in [0.25, 0.3) is 10.1 Å². The van der Waals surface area contributed by atoms with E-state index in [0.717, 1.165) is 0 Å². The fraction of sp³-hybridized carbons (Fsp3) is 0. The first kappa shape index (κ1) is 11.7. The van der Waals surface area contributed by atoms with Crippen molar-refractivity contribution in [1.82, 2.24) is 9.97 Å². The van der Waals surface area contributed by atoms with Crippen LogP contribution in [0.1, 0.15) is 0 Å². The predicted octanol–water partition coefficient (Wildman–Crippen LogP) is -2.19. The molecule has 0 atom stereocenters. The summed E-state index contributed by atoms with van der Waals surface area (Å²) in [6, 6.07) is 4.16. The molecule has 14 heavy (non-hydrogen) atoms. The Bertz CT molecular complexity index is 549. The maximum absolute atomic E-state index is 10.7. The maximum Gasteiger partial charge on any atom is 1.00 e. The first-order valence-electron chi connectivity index (χ1n) is 3.48. The number of H-pyrrole nitrogens is 1. The molecule has 0 aliphatic heterocycles. The molecule has 0 saturated heterocycles. The zero-order valence-electron chi connectivity index (χ0n) is 7.43. The molecule has 0 fully saturated rings. The smallest absolute Gasteiger partial charge is 0.345 e. The zero-order valence-corrected chi connectivity index (χ0v) is 10.2. The molecule has 2 rings (SSSR count). The number of hydrogen-bond donors (Lipinski definition) is 2. The van der Waals surface area contributed by atoms with E-state index in [0.29, 0.717) is 11.0 Å². The van der Waals surface area contributed by atoms with Gasteiger partial charge in [0.1, 0.15) is 0 Å². The number of nitrogens with one attached hydrogen (secondary N) is 1. The molecule has 5 nitrogen and oxygen atoms in total. The summed E-state index contributed by atoms with van der Waals surface area (Å²) >= 11 is 0. The van der Waals surface area contributed by atoms with Gasteiger partial charge in [0.2, 0.25) is 0 Å². The molecule has 2 aromatic rings. The molecule has 0 aliphatic rings. The molecule has 7 heteroatoms. The van der Waals surface area contributed by atoms with Crippen LogP contribution < -0.4 is 29.6 Å². The number of rotatable bonds is 1. The van der Waals surface area contributed by atoms with E-state index < -0.39 is 10.1 Å². The first-order valence-corrected chi connectivity index (χ1v) is 4.92. The fourth-order valence-corrected chi connectivity index (χ4v) is 1.58. The third-order valence-electron chi connectivity index (χ3n) is 1.69. The second-order valence-electron chi connectivity index (χ2n) is 2.56. The topological polar surface area (TPSA) is 83.1 Å². The van der Waals surface area contributed by atoms with Crippen molar-refractivity contribution in [2.45, 2.75) is 4.90 Å². The van der Waals surface area contributed by atoms with E-state index in [4.69, 9.17) is 4.55 Å². The molecule has 0 aliphatic carbocycles. The molecule has 68 valence electrons. The van der Waals surface area contributed by atoms with Gasteiger partial charge in [-0.15, -0.1) is 0 Å². The monoisotopic (exact) mass is 221 g/mol. The van der Waals surface area contributed by atoms with Crippen molar-refractivity contribution in [3.63, 3.8) is 0 Å². The fourth-order valence-electron chi connectivity index (χ4n) is 1.08. The number of hydrogen-bond acceptors (Lipinski definition) is 3. The molecule has 1 aromatic heterocycles. The summed E-state index contributed by atoms with van der Waals surface area (Å²) in [7, 11) is -4.12. The van der Waals surface area contributed by atoms with Crippen molar-refractivity contribution in [3.8, 4) is 0 Å². The van der Waals surface area contributed by atoms with Crippen molar-refractivity contribution in [2.24, 2.45) is 0 Å². The van der Waals surface area contributed by atoms with Crippen LogP contribution in [0.4, 0.5) is 0 Å². The summed E-state index contributed by atoms with van der Waals surface area (Å²) in [5, 5.41) is 0. The molecule has 1 heterocycles. The normalized spacial score (nSPS) is 11.2. The van der Waals surface area contributed by atoms with Gasteiger partial charge in [0, 0.05) is 0 Å². The van der Waals surface area contributed by atoms with E-state index in [9.17, 15) is 8.42 Å². The quantitative estimate of drug-likeness (QED) is 0.423. The molecular weight excluding hydrogens is 215 g/mol. The van der Waals surface area contributed by atoms with Crippen molar-refractivity contribution in [1.29, 1.82) is 0 Å². The second kappa shape index (κ2) is 4.00. The van der Waals surface area contributed by atoms with E-state index in [1.165, 1.54) is 24.5 Å². The van der Waals surface area contributed by atoms with Crippen LogP contribution in [0.5, 0.6) is 0 Å². The third kappa shape index (κ3) is 2.15. The Balaban J connectivity index is 0.000000980. The van der Waals surface area contributed by atoms with Gasteiger partial charge in [-0.3, -0.25) is 4.55 Å². The molecule has 0 spiro atoms. The number of benzene rings is 1. The van der Waals surface area contributed by atoms with Crippen LogP contribution in [0, 0.1) is 0 Å². The van der Waals surface area contributed by atoms with E-state index >= 15 is 0 Å². The molecule has 0 radical (unpaired) electrons. The predicted molar refractivity (Wildman–Crippen MR) is 45.9 cm³/mol. The Kier molecular flexibility index (Phi) is 3.33. The average molecular weight is 221 g/mol. The standard InChI is InChI=1S/C7H6N2O3S.Na/c10-13(11,12)5-1-2-6-7(3-5)9-4-8-6;/h1-4H,(H,8,9)(H,10,11,12);/q;+1. The van der Waals surface area contributed by atoms with Crippen LogP contribution in [0.25, 0.3) is 11.0 Å². The van der Waals surface area contributed by atoms with Crippen molar-refractivity contribution >= 4 is 21.2 Å². The van der Waals surface area contributed by atoms with Crippen LogP contribution in [0.15, 0.2) is 29.4 Å². The largest absolute Gasteiger partial charge is 1.00 e. The minimum Gasteiger partial charge on any atom is -0.345 e. The van der Waals surface area contributed by atoms with Crippen LogP contribution in [-0.2, 0) is 10.1 Å². The van der Waals surface area contributed by atoms with E-state index in [1.807, 2.05) is 0 Å². The zero-order chi connectivity index (χ0) is 9.47. The second-order valence-corrected chi connectivity index (χ2v) is 3.98. The van der Waals surface area contributed by atoms with E-state index in [-0.39, 0.29) is 34.5 Å². The van der Waals surface area contributed by atoms with Crippen LogP contribution >= 0.6 is 0 Å². The molecule has 0 saturated carbocycles. The van der Waals surface area contributed by atoms with Crippen LogP contribution in [-0.4, -0.2) is 22.9 Å². The summed E-state index contributed by atoms with van der Waals surface area (Å²) < 4.78 is 30.2. The minimum atomic E-state index is -4.12. The number of fused-ring (bicyclic) bond motifs is 1. The van der Waals surface area contributed by atoms with Crippen LogP contribution in [0.2, 0.25) is 0 Å². The van der Waals surface area contributed by atoms with Gasteiger partial charge < -0.3 is 4.98 Å². The van der Waals surface area contributed by atoms with Gasteiger partial charge in [-0.1, -0.05) is 0 Å². The van der Waals surface area contributed by atoms with Gasteiger partial charge in [0.15, 0.2) is 0 Å². The van der Waals surface area contributed by atoms with Gasteiger partial charge in [-0.25, -0.2) is 4.98 Å². The van der Waals surface area contributed by atoms with Gasteiger partial charge >= 0.3 is 29.6 Å². The average Bonchev–Trinajstić information content (AvgIpc) is 2.47. The number of imidazole rings is 1. The summed E-state index contributed by atoms with van der Waals surface area (Å²) in [4.78, 5) is 6.52. The number of nitrogens with zero attached hydrogens (tertiary/aromatic N) is 1. The van der Waals surface area contributed by atoms with Gasteiger partial charge in [0.05, 0.1) is 22.3 Å².